The Hall–Kier alpha value is -5.31. The number of amidine groups is 1. The summed E-state index contributed by atoms with van der Waals surface area (Å²) in [4.78, 5) is 18.1. The molecule has 5 rings (SSSR count). The maximum absolute atomic E-state index is 15.0. The Morgan fingerprint density at radius 3 is 2.62 bits per heavy atom. The van der Waals surface area contributed by atoms with Crippen molar-refractivity contribution in [1.29, 1.82) is 5.26 Å². The van der Waals surface area contributed by atoms with E-state index in [1.54, 1.807) is 0 Å². The quantitative estimate of drug-likeness (QED) is 0.0680. The van der Waals surface area contributed by atoms with Crippen molar-refractivity contribution in [2.45, 2.75) is 26.8 Å². The maximum atomic E-state index is 15.0. The van der Waals surface area contributed by atoms with Crippen LogP contribution in [0.2, 0.25) is 0 Å². The second kappa shape index (κ2) is 17.5. The summed E-state index contributed by atoms with van der Waals surface area (Å²) in [6.45, 7) is 22.3. The molecule has 0 amide bonds. The van der Waals surface area contributed by atoms with Crippen molar-refractivity contribution in [3.05, 3.63) is 108 Å². The van der Waals surface area contributed by atoms with Gasteiger partial charge in [-0.3, -0.25) is 9.89 Å². The number of anilines is 3. The molecule has 53 heavy (non-hydrogen) atoms. The molecule has 4 aromatic rings. The summed E-state index contributed by atoms with van der Waals surface area (Å²) in [6, 6.07) is 13.9. The zero-order valence-electron chi connectivity index (χ0n) is 30.5. The van der Waals surface area contributed by atoms with Crippen LogP contribution in [0, 0.1) is 41.6 Å². The number of halogens is 3. The SMILES string of the molecule is C=CP(C)CC(CN=C(N=C)c1cnn(-c2ccc(F)cc2F)c1NCN1CC(C#N)C1)Nc1cccc(-c2cc(F)cc(C)c2N(CC)C(=C)C)n1. The number of likely N-dealkylation sites (tertiary alicyclic amines) is 1. The third kappa shape index (κ3) is 9.20. The Balaban J connectivity index is 1.47. The van der Waals surface area contributed by atoms with E-state index >= 15 is 4.39 Å². The fraction of sp³-hybridized carbons (Fsp3) is 0.308. The lowest BCUT2D eigenvalue weighted by molar-refractivity contribution is 0.146. The Morgan fingerprint density at radius 1 is 1.19 bits per heavy atom. The van der Waals surface area contributed by atoms with E-state index in [9.17, 15) is 14.0 Å². The molecular weight excluding hydrogens is 696 g/mol. The fourth-order valence-electron chi connectivity index (χ4n) is 6.26. The molecule has 14 heteroatoms. The van der Waals surface area contributed by atoms with E-state index in [0.29, 0.717) is 60.9 Å². The molecule has 0 saturated carbocycles. The highest BCUT2D eigenvalue weighted by molar-refractivity contribution is 7.60. The average Bonchev–Trinajstić information content (AvgIpc) is 3.51. The summed E-state index contributed by atoms with van der Waals surface area (Å²) in [7, 11) is -0.577. The van der Waals surface area contributed by atoms with Gasteiger partial charge in [0, 0.05) is 37.0 Å². The van der Waals surface area contributed by atoms with Gasteiger partial charge in [0.15, 0.2) is 11.7 Å². The molecule has 2 aromatic heterocycles. The smallest absolute Gasteiger partial charge is 0.159 e. The van der Waals surface area contributed by atoms with Gasteiger partial charge in [0.25, 0.3) is 0 Å². The highest BCUT2D eigenvalue weighted by atomic mass is 31.1. The number of allylic oxidation sites excluding steroid dienone is 1. The van der Waals surface area contributed by atoms with E-state index in [4.69, 9.17) is 9.98 Å². The van der Waals surface area contributed by atoms with Gasteiger partial charge >= 0.3 is 0 Å². The molecule has 2 aromatic carbocycles. The predicted octanol–water partition coefficient (Wildman–Crippen LogP) is 8.03. The molecule has 0 spiro atoms. The van der Waals surface area contributed by atoms with E-state index in [2.05, 4.69) is 53.3 Å². The zero-order valence-corrected chi connectivity index (χ0v) is 31.3. The van der Waals surface area contributed by atoms with Gasteiger partial charge < -0.3 is 15.5 Å². The molecule has 2 N–H and O–H groups in total. The van der Waals surface area contributed by atoms with Gasteiger partial charge in [-0.25, -0.2) is 27.8 Å². The highest BCUT2D eigenvalue weighted by Crippen LogP contribution is 2.37. The Kier molecular flexibility index (Phi) is 12.8. The zero-order chi connectivity index (χ0) is 38.2. The minimum absolute atomic E-state index is 0.0390. The third-order valence-corrected chi connectivity index (χ3v) is 10.5. The van der Waals surface area contributed by atoms with Crippen molar-refractivity contribution in [3.63, 3.8) is 0 Å². The van der Waals surface area contributed by atoms with E-state index in [0.717, 1.165) is 29.1 Å². The van der Waals surface area contributed by atoms with Crippen molar-refractivity contribution in [3.8, 4) is 23.0 Å². The summed E-state index contributed by atoms with van der Waals surface area (Å²) < 4.78 is 45.0. The predicted molar refractivity (Wildman–Crippen MR) is 211 cm³/mol. The van der Waals surface area contributed by atoms with Crippen molar-refractivity contribution in [2.75, 3.05) is 61.2 Å². The number of pyridine rings is 1. The Morgan fingerprint density at radius 2 is 1.96 bits per heavy atom. The van der Waals surface area contributed by atoms with Crippen molar-refractivity contribution >= 4 is 37.8 Å². The number of hydrogen-bond acceptors (Lipinski definition) is 8. The van der Waals surface area contributed by atoms with Crippen LogP contribution in [0.5, 0.6) is 0 Å². The van der Waals surface area contributed by atoms with Gasteiger partial charge in [-0.2, -0.15) is 10.4 Å². The first-order valence-electron chi connectivity index (χ1n) is 17.2. The largest absolute Gasteiger partial charge is 0.365 e. The lowest BCUT2D eigenvalue weighted by atomic mass is 10.0. The van der Waals surface area contributed by atoms with E-state index in [1.807, 2.05) is 54.6 Å². The summed E-state index contributed by atoms with van der Waals surface area (Å²) in [5.74, 6) is 1.28. The number of aryl methyl sites for hydroxylation is 1. The van der Waals surface area contributed by atoms with Crippen LogP contribution in [-0.4, -0.2) is 83.9 Å². The Bertz CT molecular complexity index is 2050. The molecule has 276 valence electrons. The fourth-order valence-corrected chi connectivity index (χ4v) is 7.31. The molecule has 10 nitrogen and oxygen atoms in total. The van der Waals surface area contributed by atoms with Crippen LogP contribution in [0.3, 0.4) is 0 Å². The number of aliphatic imine (C=N–C) groups is 2. The number of hydrogen-bond donors (Lipinski definition) is 2. The molecule has 2 unspecified atom stereocenters. The molecule has 1 aliphatic rings. The summed E-state index contributed by atoms with van der Waals surface area (Å²) in [6.07, 6.45) is 2.22. The minimum atomic E-state index is -0.788. The van der Waals surface area contributed by atoms with E-state index in [1.165, 1.54) is 29.1 Å². The van der Waals surface area contributed by atoms with Gasteiger partial charge in [-0.15, -0.1) is 0 Å². The van der Waals surface area contributed by atoms with Gasteiger partial charge in [0.1, 0.15) is 29.0 Å². The van der Waals surface area contributed by atoms with Crippen molar-refractivity contribution < 1.29 is 13.2 Å². The molecule has 1 saturated heterocycles. The topological polar surface area (TPSA) is 110 Å². The maximum Gasteiger partial charge on any atom is 0.159 e. The standard InChI is InChI=1S/C39H44F3N10P/c1-8-51(25(3)4)37-26(5)15-29(41)16-31(37)34-11-10-12-36(49-34)48-30(23-53(7)9-2)19-45-38(44-6)32-20-47-52(35-14-13-28(40)17-33(35)42)39(32)46-24-50-21-27(18-43)22-50/h9-17,20,27,30,46H,2-3,6,8,19,21-24H2,1,4-5,7H3,(H,48,49). The highest BCUT2D eigenvalue weighted by Gasteiger charge is 2.27. The number of aromatic nitrogens is 3. The second-order valence-corrected chi connectivity index (χ2v) is 15.1. The van der Waals surface area contributed by atoms with Crippen LogP contribution in [0.1, 0.15) is 25.0 Å². The molecule has 0 bridgehead atoms. The second-order valence-electron chi connectivity index (χ2n) is 12.9. The summed E-state index contributed by atoms with van der Waals surface area (Å²) >= 11 is 0. The van der Waals surface area contributed by atoms with Crippen LogP contribution in [0.15, 0.2) is 89.4 Å². The van der Waals surface area contributed by atoms with E-state index < -0.39 is 19.6 Å². The normalized spacial score (nSPS) is 14.5. The van der Waals surface area contributed by atoms with Crippen LogP contribution in [0.25, 0.3) is 16.9 Å². The first-order valence-corrected chi connectivity index (χ1v) is 19.2. The van der Waals surface area contributed by atoms with Crippen molar-refractivity contribution in [1.82, 2.24) is 19.7 Å². The van der Waals surface area contributed by atoms with Gasteiger partial charge in [-0.1, -0.05) is 33.0 Å². The van der Waals surface area contributed by atoms with E-state index in [-0.39, 0.29) is 35.8 Å². The molecular formula is C39H44F3N10P. The molecule has 3 heterocycles. The van der Waals surface area contributed by atoms with Crippen LogP contribution in [-0.2, 0) is 0 Å². The molecule has 2 atom stereocenters. The average molecular weight is 741 g/mol. The molecule has 0 aliphatic carbocycles. The molecule has 0 radical (unpaired) electrons. The summed E-state index contributed by atoms with van der Waals surface area (Å²) in [5, 5.41) is 20.5. The minimum Gasteiger partial charge on any atom is -0.365 e. The van der Waals surface area contributed by atoms with Gasteiger partial charge in [0.05, 0.1) is 54.4 Å². The first kappa shape index (κ1) is 38.9. The van der Waals surface area contributed by atoms with Crippen molar-refractivity contribution in [2.24, 2.45) is 15.9 Å². The monoisotopic (exact) mass is 740 g/mol. The van der Waals surface area contributed by atoms with Gasteiger partial charge in [-0.05, 0) is 82.3 Å². The first-order chi connectivity index (χ1) is 25.5. The summed E-state index contributed by atoms with van der Waals surface area (Å²) in [5.41, 5.74) is 4.23. The van der Waals surface area contributed by atoms with Crippen LogP contribution in [0.4, 0.5) is 30.5 Å². The van der Waals surface area contributed by atoms with Crippen LogP contribution >= 0.6 is 7.92 Å². The lowest BCUT2D eigenvalue weighted by Crippen LogP contribution is -2.48. The Labute approximate surface area is 310 Å². The number of nitrogens with zero attached hydrogens (tertiary/aromatic N) is 8. The molecule has 1 fully saturated rings. The number of nitriles is 1. The number of benzene rings is 2. The molecule has 1 aliphatic heterocycles. The van der Waals surface area contributed by atoms with Gasteiger partial charge in [0.2, 0.25) is 0 Å². The third-order valence-electron chi connectivity index (χ3n) is 8.88. The number of rotatable bonds is 16. The lowest BCUT2D eigenvalue weighted by Gasteiger charge is -2.35. The number of nitrogens with one attached hydrogen (secondary N) is 2. The van der Waals surface area contributed by atoms with Crippen LogP contribution < -0.4 is 15.5 Å².